The van der Waals surface area contributed by atoms with Crippen molar-refractivity contribution in [3.8, 4) is 0 Å². The number of alkyl halides is 1. The standard InChI is InChI=1S/C11H16ClN3S/c1-7-6-15(5-4-9(7)12)11-13-10(14-16-11)8-2-3-8/h7-9H,2-6H2,1H3. The molecule has 0 aromatic carbocycles. The van der Waals surface area contributed by atoms with Crippen molar-refractivity contribution in [3.63, 3.8) is 0 Å². The van der Waals surface area contributed by atoms with Gasteiger partial charge in [0.1, 0.15) is 5.82 Å². The Hall–Kier alpha value is -0.350. The average molecular weight is 258 g/mol. The Morgan fingerprint density at radius 3 is 2.88 bits per heavy atom. The fraction of sp³-hybridized carbons (Fsp3) is 0.818. The summed E-state index contributed by atoms with van der Waals surface area (Å²) in [7, 11) is 0. The highest BCUT2D eigenvalue weighted by molar-refractivity contribution is 7.09. The van der Waals surface area contributed by atoms with Crippen LogP contribution in [0.15, 0.2) is 0 Å². The molecule has 0 N–H and O–H groups in total. The van der Waals surface area contributed by atoms with E-state index in [1.807, 2.05) is 0 Å². The second-order valence-electron chi connectivity index (χ2n) is 4.94. The van der Waals surface area contributed by atoms with E-state index < -0.39 is 0 Å². The molecule has 16 heavy (non-hydrogen) atoms. The molecule has 0 bridgehead atoms. The predicted octanol–water partition coefficient (Wildman–Crippen LogP) is 2.87. The van der Waals surface area contributed by atoms with Gasteiger partial charge in [0.2, 0.25) is 5.13 Å². The molecule has 1 saturated heterocycles. The van der Waals surface area contributed by atoms with Crippen molar-refractivity contribution < 1.29 is 0 Å². The van der Waals surface area contributed by atoms with Crippen LogP contribution in [-0.2, 0) is 0 Å². The number of hydrogen-bond donors (Lipinski definition) is 0. The van der Waals surface area contributed by atoms with Crippen LogP contribution in [0.5, 0.6) is 0 Å². The molecule has 1 aliphatic carbocycles. The van der Waals surface area contributed by atoms with Crippen molar-refractivity contribution in [2.24, 2.45) is 5.92 Å². The van der Waals surface area contributed by atoms with Crippen LogP contribution in [0.3, 0.4) is 0 Å². The first kappa shape index (κ1) is 10.8. The van der Waals surface area contributed by atoms with Gasteiger partial charge in [0.05, 0.1) is 0 Å². The van der Waals surface area contributed by atoms with Crippen LogP contribution in [-0.4, -0.2) is 27.8 Å². The van der Waals surface area contributed by atoms with E-state index in [4.69, 9.17) is 11.6 Å². The van der Waals surface area contributed by atoms with Gasteiger partial charge in [-0.2, -0.15) is 4.37 Å². The molecule has 0 amide bonds. The lowest BCUT2D eigenvalue weighted by atomic mass is 10.0. The molecule has 1 saturated carbocycles. The van der Waals surface area contributed by atoms with Gasteiger partial charge in [-0.1, -0.05) is 6.92 Å². The fourth-order valence-electron chi connectivity index (χ4n) is 2.15. The molecule has 88 valence electrons. The van der Waals surface area contributed by atoms with Gasteiger partial charge < -0.3 is 4.90 Å². The van der Waals surface area contributed by atoms with Crippen LogP contribution in [0.4, 0.5) is 5.13 Å². The number of halogens is 1. The number of aromatic nitrogens is 2. The van der Waals surface area contributed by atoms with E-state index >= 15 is 0 Å². The molecular formula is C11H16ClN3S. The van der Waals surface area contributed by atoms with Gasteiger partial charge in [-0.3, -0.25) is 0 Å². The maximum atomic E-state index is 6.23. The van der Waals surface area contributed by atoms with Crippen molar-refractivity contribution in [2.45, 2.75) is 37.5 Å². The first-order chi connectivity index (χ1) is 7.74. The number of rotatable bonds is 2. The summed E-state index contributed by atoms with van der Waals surface area (Å²) in [6.07, 6.45) is 3.60. The van der Waals surface area contributed by atoms with Crippen LogP contribution < -0.4 is 4.90 Å². The van der Waals surface area contributed by atoms with E-state index in [1.165, 1.54) is 12.8 Å². The van der Waals surface area contributed by atoms with E-state index in [9.17, 15) is 0 Å². The topological polar surface area (TPSA) is 29.0 Å². The molecule has 1 aromatic heterocycles. The molecule has 1 aromatic rings. The second kappa shape index (κ2) is 4.15. The minimum absolute atomic E-state index is 0.326. The number of piperidine rings is 1. The van der Waals surface area contributed by atoms with Gasteiger partial charge in [-0.05, 0) is 25.2 Å². The monoisotopic (exact) mass is 257 g/mol. The molecule has 0 spiro atoms. The molecule has 5 heteroatoms. The molecule has 2 heterocycles. The van der Waals surface area contributed by atoms with E-state index in [2.05, 4.69) is 21.2 Å². The maximum Gasteiger partial charge on any atom is 0.205 e. The molecule has 2 atom stereocenters. The van der Waals surface area contributed by atoms with Gasteiger partial charge in [-0.15, -0.1) is 11.6 Å². The minimum Gasteiger partial charge on any atom is -0.346 e. The second-order valence-corrected chi connectivity index (χ2v) is 6.23. The maximum absolute atomic E-state index is 6.23. The molecule has 2 unspecified atom stereocenters. The normalized spacial score (nSPS) is 30.8. The summed E-state index contributed by atoms with van der Waals surface area (Å²) < 4.78 is 4.45. The van der Waals surface area contributed by atoms with Crippen LogP contribution in [0.2, 0.25) is 0 Å². The fourth-order valence-corrected chi connectivity index (χ4v) is 3.11. The molecule has 0 radical (unpaired) electrons. The molecular weight excluding hydrogens is 242 g/mol. The summed E-state index contributed by atoms with van der Waals surface area (Å²) in [5, 5.41) is 1.42. The summed E-state index contributed by atoms with van der Waals surface area (Å²) in [5.41, 5.74) is 0. The lowest BCUT2D eigenvalue weighted by Gasteiger charge is -2.33. The first-order valence-corrected chi connectivity index (χ1v) is 7.17. The van der Waals surface area contributed by atoms with Crippen molar-refractivity contribution in [1.29, 1.82) is 0 Å². The van der Waals surface area contributed by atoms with Crippen molar-refractivity contribution in [1.82, 2.24) is 9.36 Å². The van der Waals surface area contributed by atoms with E-state index in [1.54, 1.807) is 11.5 Å². The van der Waals surface area contributed by atoms with Crippen molar-refractivity contribution in [3.05, 3.63) is 5.82 Å². The summed E-state index contributed by atoms with van der Waals surface area (Å²) in [6.45, 7) is 4.26. The highest BCUT2D eigenvalue weighted by atomic mass is 35.5. The third-order valence-corrected chi connectivity index (χ3v) is 4.88. The Kier molecular flexibility index (Phi) is 2.80. The summed E-state index contributed by atoms with van der Waals surface area (Å²) in [5.74, 6) is 2.28. The SMILES string of the molecule is CC1CN(c2nc(C3CC3)ns2)CCC1Cl. The van der Waals surface area contributed by atoms with Gasteiger partial charge in [0.25, 0.3) is 0 Å². The van der Waals surface area contributed by atoms with Crippen LogP contribution in [0, 0.1) is 5.92 Å². The summed E-state index contributed by atoms with van der Waals surface area (Å²) >= 11 is 7.78. The third-order valence-electron chi connectivity index (χ3n) is 3.44. The Morgan fingerprint density at radius 1 is 1.38 bits per heavy atom. The van der Waals surface area contributed by atoms with Gasteiger partial charge in [0, 0.05) is 35.9 Å². The molecule has 3 rings (SSSR count). The average Bonchev–Trinajstić information content (AvgIpc) is 3.01. The van der Waals surface area contributed by atoms with Crippen molar-refractivity contribution in [2.75, 3.05) is 18.0 Å². The van der Waals surface area contributed by atoms with E-state index in [0.717, 1.165) is 30.5 Å². The number of hydrogen-bond acceptors (Lipinski definition) is 4. The van der Waals surface area contributed by atoms with Crippen LogP contribution in [0.25, 0.3) is 0 Å². The largest absolute Gasteiger partial charge is 0.346 e. The predicted molar refractivity (Wildman–Crippen MR) is 67.5 cm³/mol. The highest BCUT2D eigenvalue weighted by Gasteiger charge is 2.30. The summed E-state index contributed by atoms with van der Waals surface area (Å²) in [6, 6.07) is 0. The first-order valence-electron chi connectivity index (χ1n) is 5.96. The number of nitrogens with zero attached hydrogens (tertiary/aromatic N) is 3. The summed E-state index contributed by atoms with van der Waals surface area (Å²) in [4.78, 5) is 6.99. The Labute approximate surface area is 105 Å². The zero-order valence-electron chi connectivity index (χ0n) is 9.40. The molecule has 1 aliphatic heterocycles. The Morgan fingerprint density at radius 2 is 2.19 bits per heavy atom. The number of anilines is 1. The minimum atomic E-state index is 0.326. The quantitative estimate of drug-likeness (QED) is 0.763. The van der Waals surface area contributed by atoms with Gasteiger partial charge in [0.15, 0.2) is 0 Å². The Balaban J connectivity index is 1.71. The van der Waals surface area contributed by atoms with E-state index in [0.29, 0.717) is 17.2 Å². The lowest BCUT2D eigenvalue weighted by molar-refractivity contribution is 0.454. The smallest absolute Gasteiger partial charge is 0.205 e. The Bertz CT molecular complexity index is 377. The van der Waals surface area contributed by atoms with Gasteiger partial charge in [-0.25, -0.2) is 4.98 Å². The van der Waals surface area contributed by atoms with Crippen LogP contribution in [0.1, 0.15) is 37.9 Å². The lowest BCUT2D eigenvalue weighted by Crippen LogP contribution is -2.39. The molecule has 3 nitrogen and oxygen atoms in total. The highest BCUT2D eigenvalue weighted by Crippen LogP contribution is 2.40. The van der Waals surface area contributed by atoms with Crippen molar-refractivity contribution >= 4 is 28.3 Å². The van der Waals surface area contributed by atoms with Crippen LogP contribution >= 0.6 is 23.1 Å². The third kappa shape index (κ3) is 2.05. The zero-order valence-corrected chi connectivity index (χ0v) is 11.0. The molecule has 2 fully saturated rings. The van der Waals surface area contributed by atoms with E-state index in [-0.39, 0.29) is 0 Å². The zero-order chi connectivity index (χ0) is 11.1. The van der Waals surface area contributed by atoms with Gasteiger partial charge >= 0.3 is 0 Å². The molecule has 2 aliphatic rings.